The molecule has 144 valence electrons. The number of rotatable bonds is 5. The number of amides is 2. The lowest BCUT2D eigenvalue weighted by Gasteiger charge is -2.36. The van der Waals surface area contributed by atoms with Gasteiger partial charge in [-0.3, -0.25) is 0 Å². The molecule has 2 aromatic carbocycles. The monoisotopic (exact) mass is 366 g/mol. The van der Waals surface area contributed by atoms with Gasteiger partial charge in [0.25, 0.3) is 0 Å². The number of urea groups is 1. The summed E-state index contributed by atoms with van der Waals surface area (Å²) < 4.78 is 0. The summed E-state index contributed by atoms with van der Waals surface area (Å²) in [6.45, 7) is 11.5. The smallest absolute Gasteiger partial charge is 0.321 e. The normalized spacial score (nSPS) is 14.2. The minimum atomic E-state index is -0.0193. The van der Waals surface area contributed by atoms with E-state index in [0.29, 0.717) is 0 Å². The van der Waals surface area contributed by atoms with E-state index in [0.717, 1.165) is 45.0 Å². The van der Waals surface area contributed by atoms with Crippen LogP contribution >= 0.6 is 0 Å². The zero-order chi connectivity index (χ0) is 19.2. The molecule has 0 radical (unpaired) electrons. The van der Waals surface area contributed by atoms with E-state index < -0.39 is 0 Å². The van der Waals surface area contributed by atoms with Gasteiger partial charge in [0.1, 0.15) is 0 Å². The lowest BCUT2D eigenvalue weighted by molar-refractivity contribution is 0.208. The highest BCUT2D eigenvalue weighted by atomic mass is 16.2. The second-order valence-corrected chi connectivity index (χ2v) is 6.96. The summed E-state index contributed by atoms with van der Waals surface area (Å²) >= 11 is 0. The van der Waals surface area contributed by atoms with Crippen molar-refractivity contribution >= 4 is 23.1 Å². The third-order valence-corrected chi connectivity index (χ3v) is 5.21. The van der Waals surface area contributed by atoms with Gasteiger partial charge in [0.05, 0.1) is 0 Å². The number of aryl methyl sites for hydroxylation is 1. The van der Waals surface area contributed by atoms with Crippen LogP contribution < -0.4 is 15.1 Å². The van der Waals surface area contributed by atoms with E-state index in [1.165, 1.54) is 16.9 Å². The first-order valence-electron chi connectivity index (χ1n) is 9.83. The van der Waals surface area contributed by atoms with E-state index >= 15 is 0 Å². The number of nitrogens with one attached hydrogen (secondary N) is 1. The van der Waals surface area contributed by atoms with E-state index in [4.69, 9.17) is 0 Å². The maximum atomic E-state index is 12.6. The summed E-state index contributed by atoms with van der Waals surface area (Å²) in [7, 11) is 0. The van der Waals surface area contributed by atoms with Crippen LogP contribution in [0, 0.1) is 6.92 Å². The molecule has 1 N–H and O–H groups in total. The number of benzene rings is 2. The highest BCUT2D eigenvalue weighted by Crippen LogP contribution is 2.20. The molecule has 2 amide bonds. The molecule has 0 aliphatic carbocycles. The Morgan fingerprint density at radius 1 is 0.926 bits per heavy atom. The Morgan fingerprint density at radius 2 is 1.52 bits per heavy atom. The molecular weight excluding hydrogens is 336 g/mol. The molecule has 0 spiro atoms. The number of carbonyl (C=O) groups is 1. The van der Waals surface area contributed by atoms with E-state index in [1.807, 2.05) is 17.0 Å². The van der Waals surface area contributed by atoms with Crippen molar-refractivity contribution in [1.29, 1.82) is 0 Å². The van der Waals surface area contributed by atoms with E-state index in [2.05, 4.69) is 72.3 Å². The molecule has 3 rings (SSSR count). The van der Waals surface area contributed by atoms with Crippen molar-refractivity contribution in [2.24, 2.45) is 0 Å². The lowest BCUT2D eigenvalue weighted by atomic mass is 10.2. The average Bonchev–Trinajstić information content (AvgIpc) is 2.71. The summed E-state index contributed by atoms with van der Waals surface area (Å²) in [4.78, 5) is 19.1. The van der Waals surface area contributed by atoms with Crippen molar-refractivity contribution in [2.75, 3.05) is 54.4 Å². The minimum absolute atomic E-state index is 0.0193. The number of anilines is 3. The van der Waals surface area contributed by atoms with Crippen molar-refractivity contribution in [3.8, 4) is 0 Å². The SMILES string of the molecule is CCN(CC)c1ccc(NC(=O)N2CCN(c3ccc(C)cc3)CC2)cc1. The molecule has 5 nitrogen and oxygen atoms in total. The standard InChI is InChI=1S/C22H30N4O/c1-4-24(5-2)20-12-8-19(9-13-20)23-22(27)26-16-14-25(15-17-26)21-10-6-18(3)7-11-21/h6-13H,4-5,14-17H2,1-3H3,(H,23,27). The van der Waals surface area contributed by atoms with E-state index in [-0.39, 0.29) is 6.03 Å². The van der Waals surface area contributed by atoms with Crippen molar-refractivity contribution < 1.29 is 4.79 Å². The number of carbonyl (C=O) groups excluding carboxylic acids is 1. The first-order valence-corrected chi connectivity index (χ1v) is 9.83. The van der Waals surface area contributed by atoms with Crippen LogP contribution in [0.25, 0.3) is 0 Å². The minimum Gasteiger partial charge on any atom is -0.372 e. The summed E-state index contributed by atoms with van der Waals surface area (Å²) in [5, 5.41) is 3.03. The Labute approximate surface area is 162 Å². The summed E-state index contributed by atoms with van der Waals surface area (Å²) in [6, 6.07) is 16.7. The van der Waals surface area contributed by atoms with Gasteiger partial charge in [-0.1, -0.05) is 17.7 Å². The first-order chi connectivity index (χ1) is 13.1. The molecular formula is C22H30N4O. The molecule has 0 bridgehead atoms. The molecule has 1 fully saturated rings. The Balaban J connectivity index is 1.53. The van der Waals surface area contributed by atoms with Gasteiger partial charge < -0.3 is 20.0 Å². The Hall–Kier alpha value is -2.69. The molecule has 1 aliphatic rings. The Bertz CT molecular complexity index is 730. The molecule has 5 heteroatoms. The van der Waals surface area contributed by atoms with Crippen molar-refractivity contribution in [3.63, 3.8) is 0 Å². The highest BCUT2D eigenvalue weighted by molar-refractivity contribution is 5.89. The number of nitrogens with zero attached hydrogens (tertiary/aromatic N) is 3. The maximum Gasteiger partial charge on any atom is 0.321 e. The van der Waals surface area contributed by atoms with Crippen molar-refractivity contribution in [2.45, 2.75) is 20.8 Å². The van der Waals surface area contributed by atoms with Crippen molar-refractivity contribution in [1.82, 2.24) is 4.90 Å². The van der Waals surface area contributed by atoms with Gasteiger partial charge in [0.2, 0.25) is 0 Å². The van der Waals surface area contributed by atoms with Gasteiger partial charge in [-0.05, 0) is 57.2 Å². The molecule has 0 unspecified atom stereocenters. The van der Waals surface area contributed by atoms with Gasteiger partial charge in [-0.25, -0.2) is 4.79 Å². The fourth-order valence-electron chi connectivity index (χ4n) is 3.47. The molecule has 0 aromatic heterocycles. The van der Waals surface area contributed by atoms with Crippen LogP contribution in [0.4, 0.5) is 21.9 Å². The zero-order valence-electron chi connectivity index (χ0n) is 16.6. The number of hydrogen-bond donors (Lipinski definition) is 1. The predicted molar refractivity (Wildman–Crippen MR) is 114 cm³/mol. The molecule has 0 saturated carbocycles. The largest absolute Gasteiger partial charge is 0.372 e. The molecule has 1 saturated heterocycles. The topological polar surface area (TPSA) is 38.8 Å². The van der Waals surface area contributed by atoms with Crippen LogP contribution in [-0.2, 0) is 0 Å². The molecule has 1 aliphatic heterocycles. The van der Waals surface area contributed by atoms with Crippen LogP contribution in [0.3, 0.4) is 0 Å². The second-order valence-electron chi connectivity index (χ2n) is 6.96. The van der Waals surface area contributed by atoms with Gasteiger partial charge in [-0.15, -0.1) is 0 Å². The van der Waals surface area contributed by atoms with Crippen LogP contribution in [0.1, 0.15) is 19.4 Å². The van der Waals surface area contributed by atoms with Crippen LogP contribution in [-0.4, -0.2) is 50.2 Å². The fraction of sp³-hybridized carbons (Fsp3) is 0.409. The Morgan fingerprint density at radius 3 is 2.07 bits per heavy atom. The second kappa shape index (κ2) is 8.80. The van der Waals surface area contributed by atoms with Gasteiger partial charge in [0.15, 0.2) is 0 Å². The molecule has 2 aromatic rings. The number of hydrogen-bond acceptors (Lipinski definition) is 3. The summed E-state index contributed by atoms with van der Waals surface area (Å²) in [5.41, 5.74) is 4.53. The van der Waals surface area contributed by atoms with E-state index in [1.54, 1.807) is 0 Å². The predicted octanol–water partition coefficient (Wildman–Crippen LogP) is 4.20. The Kier molecular flexibility index (Phi) is 6.22. The van der Waals surface area contributed by atoms with Crippen LogP contribution in [0.2, 0.25) is 0 Å². The lowest BCUT2D eigenvalue weighted by Crippen LogP contribution is -2.50. The quantitative estimate of drug-likeness (QED) is 0.862. The molecule has 1 heterocycles. The maximum absolute atomic E-state index is 12.6. The summed E-state index contributed by atoms with van der Waals surface area (Å²) in [6.07, 6.45) is 0. The molecule has 0 atom stereocenters. The molecule has 27 heavy (non-hydrogen) atoms. The van der Waals surface area contributed by atoms with Gasteiger partial charge in [-0.2, -0.15) is 0 Å². The van der Waals surface area contributed by atoms with Crippen molar-refractivity contribution in [3.05, 3.63) is 54.1 Å². The van der Waals surface area contributed by atoms with Gasteiger partial charge in [0, 0.05) is 56.3 Å². The highest BCUT2D eigenvalue weighted by Gasteiger charge is 2.21. The van der Waals surface area contributed by atoms with E-state index in [9.17, 15) is 4.79 Å². The first kappa shape index (κ1) is 19.1. The summed E-state index contributed by atoms with van der Waals surface area (Å²) in [5.74, 6) is 0. The van der Waals surface area contributed by atoms with Crippen LogP contribution in [0.15, 0.2) is 48.5 Å². The third kappa shape index (κ3) is 4.73. The third-order valence-electron chi connectivity index (χ3n) is 5.21. The van der Waals surface area contributed by atoms with Gasteiger partial charge >= 0.3 is 6.03 Å². The fourth-order valence-corrected chi connectivity index (χ4v) is 3.47. The zero-order valence-corrected chi connectivity index (χ0v) is 16.6. The number of piperazine rings is 1. The average molecular weight is 367 g/mol. The van der Waals surface area contributed by atoms with Crippen LogP contribution in [0.5, 0.6) is 0 Å².